The van der Waals surface area contributed by atoms with Gasteiger partial charge in [0.25, 0.3) is 0 Å². The molecule has 0 amide bonds. The predicted octanol–water partition coefficient (Wildman–Crippen LogP) is 2.47. The van der Waals surface area contributed by atoms with Crippen LogP contribution in [0.1, 0.15) is 23.0 Å². The molecule has 1 aromatic heterocycles. The minimum atomic E-state index is 0.00542. The normalized spacial score (nSPS) is 10.3. The number of nitrogens with zero attached hydrogens (tertiary/aromatic N) is 2. The highest BCUT2D eigenvalue weighted by Crippen LogP contribution is 2.19. The molecule has 0 radical (unpaired) electrons. The van der Waals surface area contributed by atoms with Gasteiger partial charge >= 0.3 is 0 Å². The molecule has 2 aromatic rings. The number of para-hydroxylation sites is 1. The van der Waals surface area contributed by atoms with E-state index in [1.165, 1.54) is 0 Å². The van der Waals surface area contributed by atoms with Crippen molar-refractivity contribution < 1.29 is 9.53 Å². The molecule has 4 nitrogen and oxygen atoms in total. The second-order valence-corrected chi connectivity index (χ2v) is 3.98. The van der Waals surface area contributed by atoms with Crippen molar-refractivity contribution in [1.82, 2.24) is 9.78 Å². The zero-order chi connectivity index (χ0) is 13.0. The number of aryl methyl sites for hydroxylation is 1. The van der Waals surface area contributed by atoms with E-state index in [0.29, 0.717) is 17.9 Å². The standard InChI is InChI=1S/C14H16N2O2/c1-3-18-14-7-5-4-6-12(14)13(17)10-16-11(2)8-9-15-16/h4-9H,3,10H2,1-2H3. The smallest absolute Gasteiger partial charge is 0.187 e. The van der Waals surface area contributed by atoms with Gasteiger partial charge in [-0.15, -0.1) is 0 Å². The zero-order valence-corrected chi connectivity index (χ0v) is 10.6. The Morgan fingerprint density at radius 2 is 2.11 bits per heavy atom. The highest BCUT2D eigenvalue weighted by molar-refractivity contribution is 5.98. The Balaban J connectivity index is 2.21. The van der Waals surface area contributed by atoms with Crippen LogP contribution in [-0.4, -0.2) is 22.2 Å². The minimum Gasteiger partial charge on any atom is -0.493 e. The van der Waals surface area contributed by atoms with Crippen LogP contribution in [0.4, 0.5) is 0 Å². The summed E-state index contributed by atoms with van der Waals surface area (Å²) in [6.45, 7) is 4.61. The lowest BCUT2D eigenvalue weighted by molar-refractivity contribution is 0.0963. The summed E-state index contributed by atoms with van der Waals surface area (Å²) >= 11 is 0. The molecule has 0 saturated carbocycles. The number of hydrogen-bond acceptors (Lipinski definition) is 3. The summed E-state index contributed by atoms with van der Waals surface area (Å²) < 4.78 is 7.14. The Morgan fingerprint density at radius 3 is 2.78 bits per heavy atom. The maximum absolute atomic E-state index is 12.2. The quantitative estimate of drug-likeness (QED) is 0.759. The molecule has 2 rings (SSSR count). The fourth-order valence-electron chi connectivity index (χ4n) is 1.76. The number of ether oxygens (including phenoxy) is 1. The van der Waals surface area contributed by atoms with Crippen LogP contribution in [0, 0.1) is 6.92 Å². The minimum absolute atomic E-state index is 0.00542. The first-order chi connectivity index (χ1) is 8.72. The summed E-state index contributed by atoms with van der Waals surface area (Å²) in [7, 11) is 0. The molecule has 0 aliphatic carbocycles. The summed E-state index contributed by atoms with van der Waals surface area (Å²) in [4.78, 5) is 12.2. The van der Waals surface area contributed by atoms with Crippen molar-refractivity contribution in [1.29, 1.82) is 0 Å². The number of benzene rings is 1. The number of hydrogen-bond donors (Lipinski definition) is 0. The number of carbonyl (C=O) groups excluding carboxylic acids is 1. The van der Waals surface area contributed by atoms with Crippen LogP contribution in [0.5, 0.6) is 5.75 Å². The molecule has 0 aliphatic rings. The summed E-state index contributed by atoms with van der Waals surface area (Å²) in [6.07, 6.45) is 1.69. The molecule has 0 N–H and O–H groups in total. The molecule has 94 valence electrons. The van der Waals surface area contributed by atoms with Crippen LogP contribution in [-0.2, 0) is 6.54 Å². The molecule has 0 saturated heterocycles. The van der Waals surface area contributed by atoms with Gasteiger partial charge < -0.3 is 4.74 Å². The van der Waals surface area contributed by atoms with Gasteiger partial charge in [0.15, 0.2) is 5.78 Å². The van der Waals surface area contributed by atoms with Gasteiger partial charge in [0, 0.05) is 11.9 Å². The fourth-order valence-corrected chi connectivity index (χ4v) is 1.76. The Kier molecular flexibility index (Phi) is 3.77. The van der Waals surface area contributed by atoms with Crippen molar-refractivity contribution in [3.05, 3.63) is 47.8 Å². The highest BCUT2D eigenvalue weighted by atomic mass is 16.5. The second-order valence-electron chi connectivity index (χ2n) is 3.98. The molecule has 0 aliphatic heterocycles. The predicted molar refractivity (Wildman–Crippen MR) is 68.9 cm³/mol. The fraction of sp³-hybridized carbons (Fsp3) is 0.286. The van der Waals surface area contributed by atoms with E-state index in [1.54, 1.807) is 16.9 Å². The lowest BCUT2D eigenvalue weighted by atomic mass is 10.1. The van der Waals surface area contributed by atoms with E-state index in [4.69, 9.17) is 4.74 Å². The number of aromatic nitrogens is 2. The van der Waals surface area contributed by atoms with E-state index in [9.17, 15) is 4.79 Å². The lowest BCUT2D eigenvalue weighted by Crippen LogP contribution is -2.14. The molecule has 0 fully saturated rings. The van der Waals surface area contributed by atoms with Gasteiger partial charge in [-0.25, -0.2) is 0 Å². The van der Waals surface area contributed by atoms with E-state index < -0.39 is 0 Å². The van der Waals surface area contributed by atoms with E-state index in [-0.39, 0.29) is 12.3 Å². The van der Waals surface area contributed by atoms with Gasteiger partial charge in [-0.2, -0.15) is 5.10 Å². The molecular formula is C14H16N2O2. The van der Waals surface area contributed by atoms with E-state index in [2.05, 4.69) is 5.10 Å². The molecule has 18 heavy (non-hydrogen) atoms. The zero-order valence-electron chi connectivity index (χ0n) is 10.6. The third kappa shape index (κ3) is 2.59. The second kappa shape index (κ2) is 5.49. The van der Waals surface area contributed by atoms with Crippen molar-refractivity contribution in [3.63, 3.8) is 0 Å². The third-order valence-electron chi connectivity index (χ3n) is 2.71. The molecule has 1 aromatic carbocycles. The van der Waals surface area contributed by atoms with Crippen molar-refractivity contribution in [2.75, 3.05) is 6.61 Å². The van der Waals surface area contributed by atoms with Gasteiger partial charge in [-0.3, -0.25) is 9.48 Å². The van der Waals surface area contributed by atoms with E-state index in [1.807, 2.05) is 38.1 Å². The summed E-state index contributed by atoms with van der Waals surface area (Å²) in [5.74, 6) is 0.639. The van der Waals surface area contributed by atoms with Gasteiger partial charge in [-0.05, 0) is 32.0 Å². The first kappa shape index (κ1) is 12.4. The molecule has 0 unspecified atom stereocenters. The average molecular weight is 244 g/mol. The monoisotopic (exact) mass is 244 g/mol. The van der Waals surface area contributed by atoms with Gasteiger partial charge in [-0.1, -0.05) is 12.1 Å². The molecule has 4 heteroatoms. The van der Waals surface area contributed by atoms with Crippen molar-refractivity contribution >= 4 is 5.78 Å². The van der Waals surface area contributed by atoms with Crippen LogP contribution in [0.2, 0.25) is 0 Å². The molecule has 0 atom stereocenters. The molecular weight excluding hydrogens is 228 g/mol. The summed E-state index contributed by atoms with van der Waals surface area (Å²) in [5, 5.41) is 4.11. The first-order valence-corrected chi connectivity index (χ1v) is 5.95. The van der Waals surface area contributed by atoms with Gasteiger partial charge in [0.1, 0.15) is 12.3 Å². The Bertz CT molecular complexity index is 546. The molecule has 1 heterocycles. The van der Waals surface area contributed by atoms with E-state index in [0.717, 1.165) is 5.69 Å². The SMILES string of the molecule is CCOc1ccccc1C(=O)Cn1nccc1C. The third-order valence-corrected chi connectivity index (χ3v) is 2.71. The van der Waals surface area contributed by atoms with Gasteiger partial charge in [0.05, 0.1) is 12.2 Å². The van der Waals surface area contributed by atoms with Crippen LogP contribution in [0.3, 0.4) is 0 Å². The lowest BCUT2D eigenvalue weighted by Gasteiger charge is -2.09. The molecule has 0 spiro atoms. The average Bonchev–Trinajstić information content (AvgIpc) is 2.76. The Morgan fingerprint density at radius 1 is 1.33 bits per heavy atom. The van der Waals surface area contributed by atoms with Gasteiger partial charge in [0.2, 0.25) is 0 Å². The topological polar surface area (TPSA) is 44.1 Å². The van der Waals surface area contributed by atoms with Crippen molar-refractivity contribution in [3.8, 4) is 5.75 Å². The van der Waals surface area contributed by atoms with E-state index >= 15 is 0 Å². The summed E-state index contributed by atoms with van der Waals surface area (Å²) in [6, 6.07) is 9.17. The Labute approximate surface area is 106 Å². The largest absolute Gasteiger partial charge is 0.493 e. The van der Waals surface area contributed by atoms with Crippen molar-refractivity contribution in [2.45, 2.75) is 20.4 Å². The molecule has 0 bridgehead atoms. The van der Waals surface area contributed by atoms with Crippen LogP contribution < -0.4 is 4.74 Å². The van der Waals surface area contributed by atoms with Crippen LogP contribution >= 0.6 is 0 Å². The Hall–Kier alpha value is -2.10. The number of rotatable bonds is 5. The van der Waals surface area contributed by atoms with Crippen molar-refractivity contribution in [2.24, 2.45) is 0 Å². The van der Waals surface area contributed by atoms with Crippen LogP contribution in [0.25, 0.3) is 0 Å². The summed E-state index contributed by atoms with van der Waals surface area (Å²) in [5.41, 5.74) is 1.58. The number of ketones is 1. The maximum atomic E-state index is 12.2. The van der Waals surface area contributed by atoms with Crippen LogP contribution in [0.15, 0.2) is 36.5 Å². The first-order valence-electron chi connectivity index (χ1n) is 5.95. The number of carbonyl (C=O) groups is 1. The number of Topliss-reactive ketones (excluding diaryl/α,β-unsaturated/α-hetero) is 1. The highest BCUT2D eigenvalue weighted by Gasteiger charge is 2.13. The maximum Gasteiger partial charge on any atom is 0.187 e.